The van der Waals surface area contributed by atoms with Gasteiger partial charge in [0.15, 0.2) is 11.5 Å². The van der Waals surface area contributed by atoms with Gasteiger partial charge in [-0.1, -0.05) is 18.2 Å². The SMILES string of the molecule is COc1cc2c(cc1OC)C(CCN1CCN(c3ccccc3C)CC1)OC(C)(C)C2. The summed E-state index contributed by atoms with van der Waals surface area (Å²) < 4.78 is 17.6. The number of ether oxygens (including phenoxy) is 3. The fourth-order valence-corrected chi connectivity index (χ4v) is 4.98. The van der Waals surface area contributed by atoms with E-state index >= 15 is 0 Å². The molecule has 5 nitrogen and oxygen atoms in total. The third-order valence-electron chi connectivity index (χ3n) is 6.61. The van der Waals surface area contributed by atoms with Crippen molar-refractivity contribution in [1.82, 2.24) is 4.90 Å². The maximum absolute atomic E-state index is 6.54. The zero-order chi connectivity index (χ0) is 22.0. The third kappa shape index (κ3) is 4.83. The van der Waals surface area contributed by atoms with Crippen molar-refractivity contribution in [1.29, 1.82) is 0 Å². The Morgan fingerprint density at radius 1 is 1.00 bits per heavy atom. The fraction of sp³-hybridized carbons (Fsp3) is 0.538. The highest BCUT2D eigenvalue weighted by Gasteiger charge is 2.34. The Balaban J connectivity index is 1.42. The molecule has 1 saturated heterocycles. The molecule has 0 amide bonds. The normalized spacial score (nSPS) is 20.9. The summed E-state index contributed by atoms with van der Waals surface area (Å²) in [7, 11) is 3.39. The molecule has 2 aromatic carbocycles. The summed E-state index contributed by atoms with van der Waals surface area (Å²) in [5.74, 6) is 1.58. The lowest BCUT2D eigenvalue weighted by Gasteiger charge is -2.40. The Labute approximate surface area is 186 Å². The molecule has 168 valence electrons. The number of methoxy groups -OCH3 is 2. The molecule has 31 heavy (non-hydrogen) atoms. The molecule has 0 bridgehead atoms. The van der Waals surface area contributed by atoms with Crippen molar-refractivity contribution in [2.45, 2.75) is 45.3 Å². The van der Waals surface area contributed by atoms with Gasteiger partial charge in [0.05, 0.1) is 25.9 Å². The largest absolute Gasteiger partial charge is 0.493 e. The Bertz CT molecular complexity index is 904. The second kappa shape index (κ2) is 9.09. The average molecular weight is 425 g/mol. The van der Waals surface area contributed by atoms with E-state index in [0.29, 0.717) is 0 Å². The van der Waals surface area contributed by atoms with Crippen molar-refractivity contribution in [2.75, 3.05) is 51.8 Å². The van der Waals surface area contributed by atoms with Crippen molar-refractivity contribution in [3.63, 3.8) is 0 Å². The summed E-state index contributed by atoms with van der Waals surface area (Å²) in [5.41, 5.74) is 5.10. The molecule has 2 aliphatic rings. The smallest absolute Gasteiger partial charge is 0.161 e. The first-order valence-corrected chi connectivity index (χ1v) is 11.4. The molecule has 4 rings (SSSR count). The van der Waals surface area contributed by atoms with Crippen LogP contribution in [-0.4, -0.2) is 57.4 Å². The molecule has 0 aromatic heterocycles. The molecule has 0 saturated carbocycles. The number of fused-ring (bicyclic) bond motifs is 1. The molecule has 2 aliphatic heterocycles. The quantitative estimate of drug-likeness (QED) is 0.676. The highest BCUT2D eigenvalue weighted by molar-refractivity contribution is 5.53. The number of aryl methyl sites for hydroxylation is 1. The minimum atomic E-state index is -0.180. The summed E-state index contributed by atoms with van der Waals surface area (Å²) in [4.78, 5) is 5.08. The lowest BCUT2D eigenvalue weighted by atomic mass is 9.87. The molecule has 0 aliphatic carbocycles. The molecular weight excluding hydrogens is 388 g/mol. The summed E-state index contributed by atoms with van der Waals surface area (Å²) in [5, 5.41) is 0. The zero-order valence-electron chi connectivity index (χ0n) is 19.6. The van der Waals surface area contributed by atoms with E-state index in [1.165, 1.54) is 22.4 Å². The zero-order valence-corrected chi connectivity index (χ0v) is 19.6. The van der Waals surface area contributed by atoms with Gasteiger partial charge in [0.25, 0.3) is 0 Å². The van der Waals surface area contributed by atoms with Crippen LogP contribution < -0.4 is 14.4 Å². The highest BCUT2D eigenvalue weighted by atomic mass is 16.5. The van der Waals surface area contributed by atoms with E-state index < -0.39 is 0 Å². The van der Waals surface area contributed by atoms with Gasteiger partial charge in [-0.05, 0) is 62.1 Å². The number of benzene rings is 2. The first-order valence-electron chi connectivity index (χ1n) is 11.4. The molecule has 0 N–H and O–H groups in total. The van der Waals surface area contributed by atoms with Crippen LogP contribution in [0.3, 0.4) is 0 Å². The van der Waals surface area contributed by atoms with E-state index in [1.54, 1.807) is 14.2 Å². The Morgan fingerprint density at radius 2 is 1.68 bits per heavy atom. The molecule has 1 fully saturated rings. The lowest BCUT2D eigenvalue weighted by molar-refractivity contribution is -0.0903. The number of hydrogen-bond donors (Lipinski definition) is 0. The molecule has 2 heterocycles. The first-order chi connectivity index (χ1) is 14.9. The third-order valence-corrected chi connectivity index (χ3v) is 6.61. The average Bonchev–Trinajstić information content (AvgIpc) is 2.76. The van der Waals surface area contributed by atoms with Crippen LogP contribution >= 0.6 is 0 Å². The number of rotatable bonds is 6. The van der Waals surface area contributed by atoms with Gasteiger partial charge in [-0.2, -0.15) is 0 Å². The van der Waals surface area contributed by atoms with E-state index in [-0.39, 0.29) is 11.7 Å². The van der Waals surface area contributed by atoms with Crippen LogP contribution in [0.25, 0.3) is 0 Å². The maximum Gasteiger partial charge on any atom is 0.161 e. The fourth-order valence-electron chi connectivity index (χ4n) is 4.98. The van der Waals surface area contributed by atoms with E-state index in [9.17, 15) is 0 Å². The number of para-hydroxylation sites is 1. The van der Waals surface area contributed by atoms with Crippen LogP contribution in [-0.2, 0) is 11.2 Å². The van der Waals surface area contributed by atoms with Crippen LogP contribution in [0.4, 0.5) is 5.69 Å². The van der Waals surface area contributed by atoms with E-state index in [2.05, 4.69) is 67.0 Å². The van der Waals surface area contributed by atoms with E-state index in [0.717, 1.165) is 57.1 Å². The first kappa shape index (κ1) is 22.0. The number of anilines is 1. The standard InChI is InChI=1S/C26H36N2O3/c1-19-8-6-7-9-22(19)28-14-12-27(13-15-28)11-10-23-21-17-25(30-5)24(29-4)16-20(21)18-26(2,3)31-23/h6-9,16-17,23H,10-15,18H2,1-5H3. The lowest BCUT2D eigenvalue weighted by Crippen LogP contribution is -2.47. The summed E-state index contributed by atoms with van der Waals surface area (Å²) >= 11 is 0. The van der Waals surface area contributed by atoms with Crippen LogP contribution in [0.2, 0.25) is 0 Å². The van der Waals surface area contributed by atoms with Gasteiger partial charge >= 0.3 is 0 Å². The topological polar surface area (TPSA) is 34.2 Å². The van der Waals surface area contributed by atoms with Gasteiger partial charge in [-0.25, -0.2) is 0 Å². The molecule has 5 heteroatoms. The van der Waals surface area contributed by atoms with E-state index in [4.69, 9.17) is 14.2 Å². The summed E-state index contributed by atoms with van der Waals surface area (Å²) in [6, 6.07) is 12.9. The van der Waals surface area contributed by atoms with Gasteiger partial charge in [-0.3, -0.25) is 4.90 Å². The molecule has 0 spiro atoms. The predicted molar refractivity (Wildman–Crippen MR) is 126 cm³/mol. The van der Waals surface area contributed by atoms with Crippen LogP contribution in [0.5, 0.6) is 11.5 Å². The predicted octanol–water partition coefficient (Wildman–Crippen LogP) is 4.62. The minimum absolute atomic E-state index is 0.0768. The summed E-state index contributed by atoms with van der Waals surface area (Å²) in [6.07, 6.45) is 1.94. The van der Waals surface area contributed by atoms with Crippen LogP contribution in [0.1, 0.15) is 43.1 Å². The Kier molecular flexibility index (Phi) is 6.44. The van der Waals surface area contributed by atoms with Crippen molar-refractivity contribution in [3.8, 4) is 11.5 Å². The van der Waals surface area contributed by atoms with E-state index in [1.807, 2.05) is 0 Å². The number of piperazine rings is 1. The summed E-state index contributed by atoms with van der Waals surface area (Å²) in [6.45, 7) is 11.9. The second-order valence-electron chi connectivity index (χ2n) is 9.35. The molecule has 2 aromatic rings. The molecule has 1 unspecified atom stereocenters. The Hall–Kier alpha value is -2.24. The minimum Gasteiger partial charge on any atom is -0.493 e. The van der Waals surface area contributed by atoms with Crippen molar-refractivity contribution in [3.05, 3.63) is 53.1 Å². The van der Waals surface area contributed by atoms with Gasteiger partial charge in [0.2, 0.25) is 0 Å². The maximum atomic E-state index is 6.54. The molecule has 0 radical (unpaired) electrons. The van der Waals surface area contributed by atoms with Crippen LogP contribution in [0.15, 0.2) is 36.4 Å². The highest BCUT2D eigenvalue weighted by Crippen LogP contribution is 2.42. The number of hydrogen-bond acceptors (Lipinski definition) is 5. The monoisotopic (exact) mass is 424 g/mol. The second-order valence-corrected chi connectivity index (χ2v) is 9.35. The van der Waals surface area contributed by atoms with Gasteiger partial charge in [0, 0.05) is 44.8 Å². The van der Waals surface area contributed by atoms with Crippen molar-refractivity contribution >= 4 is 5.69 Å². The molecule has 1 atom stereocenters. The van der Waals surface area contributed by atoms with Gasteiger partial charge < -0.3 is 19.1 Å². The van der Waals surface area contributed by atoms with Crippen molar-refractivity contribution < 1.29 is 14.2 Å². The van der Waals surface area contributed by atoms with Crippen molar-refractivity contribution in [2.24, 2.45) is 0 Å². The van der Waals surface area contributed by atoms with Gasteiger partial charge in [0.1, 0.15) is 0 Å². The van der Waals surface area contributed by atoms with Crippen LogP contribution in [0, 0.1) is 6.92 Å². The van der Waals surface area contributed by atoms with Gasteiger partial charge in [-0.15, -0.1) is 0 Å². The molecular formula is C26H36N2O3. The Morgan fingerprint density at radius 3 is 2.35 bits per heavy atom. The number of nitrogens with zero attached hydrogens (tertiary/aromatic N) is 2.